The van der Waals surface area contributed by atoms with Crippen LogP contribution >= 0.6 is 0 Å². The predicted octanol–water partition coefficient (Wildman–Crippen LogP) is 2.44. The molecule has 2 rings (SSSR count). The highest BCUT2D eigenvalue weighted by Gasteiger charge is 2.39. The van der Waals surface area contributed by atoms with E-state index in [0.717, 1.165) is 12.8 Å². The van der Waals surface area contributed by atoms with Gasteiger partial charge in [-0.2, -0.15) is 0 Å². The van der Waals surface area contributed by atoms with Crippen molar-refractivity contribution in [2.75, 3.05) is 13.7 Å². The Morgan fingerprint density at radius 1 is 1.53 bits per heavy atom. The molecule has 0 saturated carbocycles. The van der Waals surface area contributed by atoms with E-state index in [1.54, 1.807) is 0 Å². The van der Waals surface area contributed by atoms with Gasteiger partial charge in [0.2, 0.25) is 0 Å². The highest BCUT2D eigenvalue weighted by molar-refractivity contribution is 5.37. The summed E-state index contributed by atoms with van der Waals surface area (Å²) < 4.78 is 24.0. The second kappa shape index (κ2) is 4.63. The largest absolute Gasteiger partial charge is 0.496 e. The summed E-state index contributed by atoms with van der Waals surface area (Å²) in [6.45, 7) is 2.47. The van der Waals surface area contributed by atoms with E-state index in [1.165, 1.54) is 25.3 Å². The zero-order valence-electron chi connectivity index (χ0n) is 10.1. The van der Waals surface area contributed by atoms with E-state index in [4.69, 9.17) is 9.47 Å². The van der Waals surface area contributed by atoms with Gasteiger partial charge in [-0.05, 0) is 38.0 Å². The molecule has 0 radical (unpaired) electrons. The van der Waals surface area contributed by atoms with Crippen molar-refractivity contribution < 1.29 is 19.0 Å². The summed E-state index contributed by atoms with van der Waals surface area (Å²) in [5.41, 5.74) is -0.210. The van der Waals surface area contributed by atoms with E-state index < -0.39 is 11.7 Å². The summed E-state index contributed by atoms with van der Waals surface area (Å²) in [5.74, 6) is 0.0945. The predicted molar refractivity (Wildman–Crippen MR) is 61.5 cm³/mol. The second-order valence-corrected chi connectivity index (χ2v) is 4.55. The van der Waals surface area contributed by atoms with Crippen molar-refractivity contribution >= 4 is 0 Å². The second-order valence-electron chi connectivity index (χ2n) is 4.55. The number of benzene rings is 1. The molecular formula is C13H17FO3. The molecule has 2 unspecified atom stereocenters. The summed E-state index contributed by atoms with van der Waals surface area (Å²) >= 11 is 0. The van der Waals surface area contributed by atoms with Crippen LogP contribution in [0.2, 0.25) is 0 Å². The van der Waals surface area contributed by atoms with Gasteiger partial charge in [-0.3, -0.25) is 0 Å². The Bertz CT molecular complexity index is 400. The Morgan fingerprint density at radius 3 is 2.88 bits per heavy atom. The van der Waals surface area contributed by atoms with E-state index in [0.29, 0.717) is 17.9 Å². The standard InChI is InChI=1S/C13H17FO3/c1-13(6-3-7-17-13)12(15)10-8-9(14)4-5-11(10)16-2/h4-5,8,12,15H,3,6-7H2,1-2H3. The first-order valence-electron chi connectivity index (χ1n) is 5.72. The van der Waals surface area contributed by atoms with Crippen molar-refractivity contribution in [1.82, 2.24) is 0 Å². The number of hydrogen-bond donors (Lipinski definition) is 1. The number of halogens is 1. The average Bonchev–Trinajstić information content (AvgIpc) is 2.76. The fourth-order valence-corrected chi connectivity index (χ4v) is 2.26. The monoisotopic (exact) mass is 240 g/mol. The molecule has 1 N–H and O–H groups in total. The Hall–Kier alpha value is -1.13. The molecule has 3 nitrogen and oxygen atoms in total. The lowest BCUT2D eigenvalue weighted by Crippen LogP contribution is -2.32. The molecule has 1 aromatic rings. The first-order valence-corrected chi connectivity index (χ1v) is 5.72. The van der Waals surface area contributed by atoms with Crippen molar-refractivity contribution in [3.05, 3.63) is 29.6 Å². The highest BCUT2D eigenvalue weighted by atomic mass is 19.1. The minimum atomic E-state index is -0.879. The van der Waals surface area contributed by atoms with Crippen molar-refractivity contribution in [2.24, 2.45) is 0 Å². The summed E-state index contributed by atoms with van der Waals surface area (Å²) in [6, 6.07) is 4.13. The Kier molecular flexibility index (Phi) is 3.35. The molecule has 0 amide bonds. The Labute approximate surface area is 100 Å². The molecular weight excluding hydrogens is 223 g/mol. The van der Waals surface area contributed by atoms with Gasteiger partial charge in [0.15, 0.2) is 0 Å². The molecule has 0 aliphatic carbocycles. The summed E-state index contributed by atoms with van der Waals surface area (Å²) in [7, 11) is 1.50. The molecule has 0 bridgehead atoms. The fraction of sp³-hybridized carbons (Fsp3) is 0.538. The van der Waals surface area contributed by atoms with Crippen LogP contribution in [0.1, 0.15) is 31.4 Å². The van der Waals surface area contributed by atoms with Crippen LogP contribution in [-0.2, 0) is 4.74 Å². The van der Waals surface area contributed by atoms with Crippen molar-refractivity contribution in [3.63, 3.8) is 0 Å². The molecule has 2 atom stereocenters. The van der Waals surface area contributed by atoms with E-state index in [2.05, 4.69) is 0 Å². The number of methoxy groups -OCH3 is 1. The van der Waals surface area contributed by atoms with Gasteiger partial charge in [-0.25, -0.2) is 4.39 Å². The maximum absolute atomic E-state index is 13.2. The first kappa shape index (κ1) is 12.3. The number of rotatable bonds is 3. The minimum Gasteiger partial charge on any atom is -0.496 e. The maximum atomic E-state index is 13.2. The first-order chi connectivity index (χ1) is 8.07. The van der Waals surface area contributed by atoms with Gasteiger partial charge in [0.1, 0.15) is 17.7 Å². The SMILES string of the molecule is COc1ccc(F)cc1C(O)C1(C)CCCO1. The smallest absolute Gasteiger partial charge is 0.124 e. The molecule has 1 fully saturated rings. The van der Waals surface area contributed by atoms with Gasteiger partial charge in [-0.15, -0.1) is 0 Å². The van der Waals surface area contributed by atoms with Crippen LogP contribution in [0.5, 0.6) is 5.75 Å². The summed E-state index contributed by atoms with van der Waals surface area (Å²) in [5, 5.41) is 10.3. The Morgan fingerprint density at radius 2 is 2.29 bits per heavy atom. The van der Waals surface area contributed by atoms with E-state index in [-0.39, 0.29) is 5.82 Å². The van der Waals surface area contributed by atoms with Crippen LogP contribution in [0.3, 0.4) is 0 Å². The van der Waals surface area contributed by atoms with E-state index in [1.807, 2.05) is 6.92 Å². The van der Waals surface area contributed by atoms with E-state index in [9.17, 15) is 9.50 Å². The lowest BCUT2D eigenvalue weighted by Gasteiger charge is -2.30. The number of ether oxygens (including phenoxy) is 2. The maximum Gasteiger partial charge on any atom is 0.124 e. The molecule has 4 heteroatoms. The lowest BCUT2D eigenvalue weighted by molar-refractivity contribution is -0.0803. The van der Waals surface area contributed by atoms with Crippen LogP contribution in [0.4, 0.5) is 4.39 Å². The molecule has 0 spiro atoms. The number of aliphatic hydroxyl groups is 1. The molecule has 94 valence electrons. The number of hydrogen-bond acceptors (Lipinski definition) is 3. The van der Waals surface area contributed by atoms with Gasteiger partial charge in [0.25, 0.3) is 0 Å². The van der Waals surface area contributed by atoms with Crippen LogP contribution in [0.25, 0.3) is 0 Å². The van der Waals surface area contributed by atoms with Crippen LogP contribution < -0.4 is 4.74 Å². The third-order valence-corrected chi connectivity index (χ3v) is 3.31. The molecule has 17 heavy (non-hydrogen) atoms. The van der Waals surface area contributed by atoms with Gasteiger partial charge < -0.3 is 14.6 Å². The van der Waals surface area contributed by atoms with Crippen molar-refractivity contribution in [3.8, 4) is 5.75 Å². The molecule has 1 aliphatic heterocycles. The quantitative estimate of drug-likeness (QED) is 0.882. The molecule has 1 aliphatic rings. The normalized spacial score (nSPS) is 25.9. The molecule has 1 aromatic carbocycles. The van der Waals surface area contributed by atoms with Crippen LogP contribution in [-0.4, -0.2) is 24.4 Å². The summed E-state index contributed by atoms with van der Waals surface area (Å²) in [4.78, 5) is 0. The molecule has 0 aromatic heterocycles. The lowest BCUT2D eigenvalue weighted by atomic mass is 9.90. The minimum absolute atomic E-state index is 0.388. The van der Waals surface area contributed by atoms with E-state index >= 15 is 0 Å². The van der Waals surface area contributed by atoms with Crippen LogP contribution in [0, 0.1) is 5.82 Å². The summed E-state index contributed by atoms with van der Waals surface area (Å²) in [6.07, 6.45) is 0.787. The highest BCUT2D eigenvalue weighted by Crippen LogP contribution is 2.40. The van der Waals surface area contributed by atoms with Crippen molar-refractivity contribution in [2.45, 2.75) is 31.5 Å². The zero-order valence-corrected chi connectivity index (χ0v) is 10.1. The number of aliphatic hydroxyl groups excluding tert-OH is 1. The zero-order chi connectivity index (χ0) is 12.5. The topological polar surface area (TPSA) is 38.7 Å². The van der Waals surface area contributed by atoms with Gasteiger partial charge >= 0.3 is 0 Å². The molecule has 1 saturated heterocycles. The Balaban J connectivity index is 2.35. The van der Waals surface area contributed by atoms with Gasteiger partial charge in [-0.1, -0.05) is 0 Å². The average molecular weight is 240 g/mol. The van der Waals surface area contributed by atoms with Gasteiger partial charge in [0.05, 0.1) is 12.7 Å². The third kappa shape index (κ3) is 2.28. The fourth-order valence-electron chi connectivity index (χ4n) is 2.26. The van der Waals surface area contributed by atoms with Gasteiger partial charge in [0, 0.05) is 12.2 Å². The van der Waals surface area contributed by atoms with Crippen molar-refractivity contribution in [1.29, 1.82) is 0 Å². The third-order valence-electron chi connectivity index (χ3n) is 3.31. The van der Waals surface area contributed by atoms with Crippen LogP contribution in [0.15, 0.2) is 18.2 Å². The molecule has 1 heterocycles.